The zero-order valence-electron chi connectivity index (χ0n) is 7.52. The van der Waals surface area contributed by atoms with E-state index in [-0.39, 0.29) is 0 Å². The minimum atomic E-state index is -5.19. The van der Waals surface area contributed by atoms with E-state index in [0.717, 1.165) is 12.1 Å². The van der Waals surface area contributed by atoms with E-state index in [9.17, 15) is 26.4 Å². The Bertz CT molecular complexity index is 518. The van der Waals surface area contributed by atoms with Gasteiger partial charge in [0.1, 0.15) is 4.90 Å². The van der Waals surface area contributed by atoms with E-state index >= 15 is 0 Å². The van der Waals surface area contributed by atoms with Crippen LogP contribution in [-0.2, 0) is 10.1 Å². The summed E-state index contributed by atoms with van der Waals surface area (Å²) in [6.45, 7) is 0. The minimum Gasteiger partial charge on any atom is -0.284 e. The van der Waals surface area contributed by atoms with Crippen molar-refractivity contribution >= 4 is 15.9 Å². The number of ketones is 1. The van der Waals surface area contributed by atoms with Crippen molar-refractivity contribution in [2.75, 3.05) is 0 Å². The number of hydrogen-bond donors (Lipinski definition) is 1. The monoisotopic (exact) mass is 254 g/mol. The average Bonchev–Trinajstić information content (AvgIpc) is 2.14. The second-order valence-corrected chi connectivity index (χ2v) is 4.19. The van der Waals surface area contributed by atoms with Gasteiger partial charge < -0.3 is 0 Å². The molecule has 0 fully saturated rings. The molecule has 1 rings (SSSR count). The first-order valence-electron chi connectivity index (χ1n) is 3.82. The molecular weight excluding hydrogens is 249 g/mol. The molecule has 0 aromatic heterocycles. The molecule has 4 nitrogen and oxygen atoms in total. The summed E-state index contributed by atoms with van der Waals surface area (Å²) in [5, 5.41) is 0. The molecule has 0 aliphatic carbocycles. The molecular formula is C8H5F3O4S. The molecule has 0 radical (unpaired) electrons. The molecule has 1 aromatic rings. The van der Waals surface area contributed by atoms with Crippen molar-refractivity contribution in [1.82, 2.24) is 0 Å². The normalized spacial score (nSPS) is 12.5. The third-order valence-electron chi connectivity index (χ3n) is 1.67. The highest BCUT2D eigenvalue weighted by Gasteiger charge is 2.41. The predicted molar refractivity (Wildman–Crippen MR) is 46.6 cm³/mol. The van der Waals surface area contributed by atoms with Gasteiger partial charge in [0.25, 0.3) is 15.9 Å². The van der Waals surface area contributed by atoms with E-state index in [0.29, 0.717) is 12.1 Å². The lowest BCUT2D eigenvalue weighted by atomic mass is 10.1. The standard InChI is InChI=1S/C8H5F3O4S/c9-8(10,11)7(12)5-3-1-2-4-6(5)16(13,14)15/h1-4H,(H,13,14,15). The molecule has 0 unspecified atom stereocenters. The second-order valence-electron chi connectivity index (χ2n) is 2.80. The zero-order chi connectivity index (χ0) is 12.6. The Kier molecular flexibility index (Phi) is 3.06. The Balaban J connectivity index is 3.42. The Morgan fingerprint density at radius 3 is 2.12 bits per heavy atom. The number of rotatable bonds is 2. The second kappa shape index (κ2) is 3.87. The molecule has 0 aliphatic rings. The van der Waals surface area contributed by atoms with Gasteiger partial charge in [-0.2, -0.15) is 21.6 Å². The maximum absolute atomic E-state index is 12.1. The summed E-state index contributed by atoms with van der Waals surface area (Å²) in [5.41, 5.74) is -1.10. The minimum absolute atomic E-state index is 0.679. The summed E-state index contributed by atoms with van der Waals surface area (Å²) in [7, 11) is -4.86. The number of alkyl halides is 3. The molecule has 0 amide bonds. The van der Waals surface area contributed by atoms with Crippen LogP contribution in [-0.4, -0.2) is 24.9 Å². The number of carbonyl (C=O) groups is 1. The number of hydrogen-bond acceptors (Lipinski definition) is 3. The molecule has 0 saturated heterocycles. The molecule has 1 N–H and O–H groups in total. The van der Waals surface area contributed by atoms with Crippen LogP contribution in [0.3, 0.4) is 0 Å². The Morgan fingerprint density at radius 1 is 1.19 bits per heavy atom. The SMILES string of the molecule is O=C(c1ccccc1S(=O)(=O)O)C(F)(F)F. The number of benzene rings is 1. The maximum Gasteiger partial charge on any atom is 0.454 e. The van der Waals surface area contributed by atoms with Crippen LogP contribution in [0.25, 0.3) is 0 Å². The largest absolute Gasteiger partial charge is 0.454 e. The highest BCUT2D eigenvalue weighted by molar-refractivity contribution is 7.86. The van der Waals surface area contributed by atoms with Gasteiger partial charge in [0.2, 0.25) is 0 Å². The Morgan fingerprint density at radius 2 is 1.69 bits per heavy atom. The van der Waals surface area contributed by atoms with Gasteiger partial charge in [-0.1, -0.05) is 12.1 Å². The molecule has 8 heteroatoms. The van der Waals surface area contributed by atoms with Crippen molar-refractivity contribution < 1.29 is 30.9 Å². The van der Waals surface area contributed by atoms with Crippen LogP contribution >= 0.6 is 0 Å². The molecule has 0 spiro atoms. The van der Waals surface area contributed by atoms with Crippen molar-refractivity contribution in [1.29, 1.82) is 0 Å². The molecule has 0 heterocycles. The molecule has 0 saturated carbocycles. The predicted octanol–water partition coefficient (Wildman–Crippen LogP) is 1.68. The quantitative estimate of drug-likeness (QED) is 0.643. The van der Waals surface area contributed by atoms with Gasteiger partial charge in [-0.05, 0) is 12.1 Å². The smallest absolute Gasteiger partial charge is 0.284 e. The Hall–Kier alpha value is -1.41. The fourth-order valence-corrected chi connectivity index (χ4v) is 1.72. The molecule has 16 heavy (non-hydrogen) atoms. The summed E-state index contributed by atoms with van der Waals surface area (Å²) in [6.07, 6.45) is -5.19. The van der Waals surface area contributed by atoms with Gasteiger partial charge in [-0.3, -0.25) is 9.35 Å². The van der Waals surface area contributed by atoms with Crippen LogP contribution < -0.4 is 0 Å². The summed E-state index contributed by atoms with van der Waals surface area (Å²) >= 11 is 0. The molecule has 1 aromatic carbocycles. The van der Waals surface area contributed by atoms with E-state index < -0.39 is 32.5 Å². The van der Waals surface area contributed by atoms with E-state index in [4.69, 9.17) is 4.55 Å². The summed E-state index contributed by atoms with van der Waals surface area (Å²) in [6, 6.07) is 3.55. The Labute approximate surface area is 88.4 Å². The van der Waals surface area contributed by atoms with Crippen molar-refractivity contribution in [3.63, 3.8) is 0 Å². The maximum atomic E-state index is 12.1. The summed E-state index contributed by atoms with van der Waals surface area (Å²) in [5.74, 6) is -2.32. The highest BCUT2D eigenvalue weighted by Crippen LogP contribution is 2.25. The topological polar surface area (TPSA) is 71.4 Å². The number of carbonyl (C=O) groups excluding carboxylic acids is 1. The zero-order valence-corrected chi connectivity index (χ0v) is 8.34. The first-order chi connectivity index (χ1) is 7.14. The van der Waals surface area contributed by atoms with Gasteiger partial charge in [-0.25, -0.2) is 0 Å². The summed E-state index contributed by atoms with van der Waals surface area (Å²) < 4.78 is 66.3. The van der Waals surface area contributed by atoms with Gasteiger partial charge >= 0.3 is 6.18 Å². The third-order valence-corrected chi connectivity index (χ3v) is 2.58. The average molecular weight is 254 g/mol. The first kappa shape index (κ1) is 12.7. The van der Waals surface area contributed by atoms with Gasteiger partial charge in [0, 0.05) is 5.56 Å². The van der Waals surface area contributed by atoms with E-state index in [1.54, 1.807) is 0 Å². The van der Waals surface area contributed by atoms with Crippen molar-refractivity contribution in [2.45, 2.75) is 11.1 Å². The molecule has 0 aliphatic heterocycles. The van der Waals surface area contributed by atoms with Crippen LogP contribution in [0.1, 0.15) is 10.4 Å². The third kappa shape index (κ3) is 2.58. The van der Waals surface area contributed by atoms with Crippen LogP contribution in [0.2, 0.25) is 0 Å². The van der Waals surface area contributed by atoms with Gasteiger partial charge in [0.05, 0.1) is 0 Å². The lowest BCUT2D eigenvalue weighted by Gasteiger charge is -2.08. The van der Waals surface area contributed by atoms with Gasteiger partial charge in [0.15, 0.2) is 0 Å². The number of Topliss-reactive ketones (excluding diaryl/α,β-unsaturated/α-hetero) is 1. The van der Waals surface area contributed by atoms with Crippen molar-refractivity contribution in [3.05, 3.63) is 29.8 Å². The van der Waals surface area contributed by atoms with E-state index in [1.165, 1.54) is 0 Å². The number of halogens is 3. The fraction of sp³-hybridized carbons (Fsp3) is 0.125. The van der Waals surface area contributed by atoms with E-state index in [2.05, 4.69) is 0 Å². The van der Waals surface area contributed by atoms with Crippen LogP contribution in [0.15, 0.2) is 29.2 Å². The first-order valence-corrected chi connectivity index (χ1v) is 5.26. The van der Waals surface area contributed by atoms with Crippen molar-refractivity contribution in [3.8, 4) is 0 Å². The van der Waals surface area contributed by atoms with Crippen LogP contribution in [0.5, 0.6) is 0 Å². The van der Waals surface area contributed by atoms with Crippen molar-refractivity contribution in [2.24, 2.45) is 0 Å². The molecule has 88 valence electrons. The van der Waals surface area contributed by atoms with E-state index in [1.807, 2.05) is 0 Å². The molecule has 0 atom stereocenters. The lowest BCUT2D eigenvalue weighted by molar-refractivity contribution is -0.0887. The van der Waals surface area contributed by atoms with Gasteiger partial charge in [-0.15, -0.1) is 0 Å². The lowest BCUT2D eigenvalue weighted by Crippen LogP contribution is -2.24. The fourth-order valence-electron chi connectivity index (χ4n) is 1.03. The van der Waals surface area contributed by atoms with Crippen LogP contribution in [0, 0.1) is 0 Å². The summed E-state index contributed by atoms with van der Waals surface area (Å²) in [4.78, 5) is 9.78. The van der Waals surface area contributed by atoms with Crippen LogP contribution in [0.4, 0.5) is 13.2 Å². The molecule has 0 bridgehead atoms. The highest BCUT2D eigenvalue weighted by atomic mass is 32.2.